The Balaban J connectivity index is 1.82. The summed E-state index contributed by atoms with van der Waals surface area (Å²) in [5, 5.41) is 14.8. The number of aromatic nitrogens is 4. The van der Waals surface area contributed by atoms with Crippen molar-refractivity contribution in [1.29, 1.82) is 0 Å². The topological polar surface area (TPSA) is 122 Å². The van der Waals surface area contributed by atoms with Crippen molar-refractivity contribution in [2.75, 3.05) is 5.73 Å². The second-order valence-electron chi connectivity index (χ2n) is 4.82. The number of nitro benzene ring substituents is 1. The molecule has 0 spiro atoms. The Morgan fingerprint density at radius 1 is 1.22 bits per heavy atom. The molecule has 0 bridgehead atoms. The number of benzene rings is 1. The van der Waals surface area contributed by atoms with Crippen LogP contribution in [0.3, 0.4) is 0 Å². The standard InChI is InChI=1S/C14H12N6O3/c15-13-5-6-19(14(21)17-13)12-7-16-18(9-12)8-10-1-3-11(4-2-10)20(22)23/h1-7,9H,8H2,(H2,15,17,21). The van der Waals surface area contributed by atoms with Gasteiger partial charge in [-0.25, -0.2) is 4.79 Å². The Morgan fingerprint density at radius 2 is 1.96 bits per heavy atom. The summed E-state index contributed by atoms with van der Waals surface area (Å²) < 4.78 is 2.95. The van der Waals surface area contributed by atoms with Crippen LogP contribution >= 0.6 is 0 Å². The molecule has 0 amide bonds. The van der Waals surface area contributed by atoms with Crippen molar-refractivity contribution in [3.05, 3.63) is 75.1 Å². The van der Waals surface area contributed by atoms with Crippen LogP contribution in [0.4, 0.5) is 11.5 Å². The SMILES string of the molecule is Nc1ccn(-c2cnn(Cc3ccc([N+](=O)[O-])cc3)c2)c(=O)n1. The molecule has 2 heterocycles. The van der Waals surface area contributed by atoms with E-state index in [1.165, 1.54) is 35.2 Å². The van der Waals surface area contributed by atoms with Gasteiger partial charge >= 0.3 is 5.69 Å². The molecular weight excluding hydrogens is 300 g/mol. The van der Waals surface area contributed by atoms with E-state index >= 15 is 0 Å². The molecule has 2 N–H and O–H groups in total. The van der Waals surface area contributed by atoms with Crippen molar-refractivity contribution in [3.8, 4) is 5.69 Å². The van der Waals surface area contributed by atoms with Gasteiger partial charge in [-0.1, -0.05) is 12.1 Å². The molecule has 0 saturated heterocycles. The van der Waals surface area contributed by atoms with Crippen LogP contribution in [0.15, 0.2) is 53.7 Å². The number of nitrogens with zero attached hydrogens (tertiary/aromatic N) is 5. The lowest BCUT2D eigenvalue weighted by Crippen LogP contribution is -2.21. The molecule has 0 aliphatic heterocycles. The molecule has 1 aromatic carbocycles. The Bertz CT molecular complexity index is 913. The summed E-state index contributed by atoms with van der Waals surface area (Å²) in [6.07, 6.45) is 4.74. The number of hydrogen-bond donors (Lipinski definition) is 1. The van der Waals surface area contributed by atoms with Crippen molar-refractivity contribution in [3.63, 3.8) is 0 Å². The lowest BCUT2D eigenvalue weighted by molar-refractivity contribution is -0.384. The number of nitrogen functional groups attached to an aromatic ring is 1. The molecule has 9 nitrogen and oxygen atoms in total. The van der Waals surface area contributed by atoms with Gasteiger partial charge in [0, 0.05) is 24.5 Å². The average Bonchev–Trinajstić information content (AvgIpc) is 2.96. The summed E-state index contributed by atoms with van der Waals surface area (Å²) in [6.45, 7) is 0.426. The predicted octanol–water partition coefficient (Wildman–Crippen LogP) is 0.968. The van der Waals surface area contributed by atoms with Crippen molar-refractivity contribution >= 4 is 11.5 Å². The van der Waals surface area contributed by atoms with E-state index < -0.39 is 10.6 Å². The Kier molecular flexibility index (Phi) is 3.59. The van der Waals surface area contributed by atoms with E-state index in [1.807, 2.05) is 0 Å². The van der Waals surface area contributed by atoms with Gasteiger partial charge in [-0.05, 0) is 11.6 Å². The van der Waals surface area contributed by atoms with Crippen molar-refractivity contribution in [2.45, 2.75) is 6.54 Å². The van der Waals surface area contributed by atoms with Crippen LogP contribution in [-0.4, -0.2) is 24.3 Å². The zero-order valence-corrected chi connectivity index (χ0v) is 11.9. The van der Waals surface area contributed by atoms with E-state index in [1.54, 1.807) is 23.0 Å². The molecule has 0 unspecified atom stereocenters. The number of anilines is 1. The number of non-ortho nitro benzene ring substituents is 1. The summed E-state index contributed by atoms with van der Waals surface area (Å²) in [6, 6.07) is 7.73. The quantitative estimate of drug-likeness (QED) is 0.565. The number of nitro groups is 1. The van der Waals surface area contributed by atoms with E-state index in [2.05, 4.69) is 10.1 Å². The highest BCUT2D eigenvalue weighted by atomic mass is 16.6. The fourth-order valence-electron chi connectivity index (χ4n) is 2.09. The fraction of sp³-hybridized carbons (Fsp3) is 0.0714. The van der Waals surface area contributed by atoms with Crippen LogP contribution in [0, 0.1) is 10.1 Å². The maximum atomic E-state index is 11.8. The van der Waals surface area contributed by atoms with E-state index in [0.717, 1.165) is 5.56 Å². The van der Waals surface area contributed by atoms with Gasteiger partial charge in [-0.15, -0.1) is 0 Å². The molecule has 0 fully saturated rings. The zero-order chi connectivity index (χ0) is 16.4. The minimum atomic E-state index is -0.486. The maximum absolute atomic E-state index is 11.8. The molecule has 116 valence electrons. The van der Waals surface area contributed by atoms with Crippen LogP contribution < -0.4 is 11.4 Å². The van der Waals surface area contributed by atoms with Crippen molar-refractivity contribution < 1.29 is 4.92 Å². The van der Waals surface area contributed by atoms with Gasteiger partial charge in [0.1, 0.15) is 5.82 Å². The van der Waals surface area contributed by atoms with Crippen molar-refractivity contribution in [2.24, 2.45) is 0 Å². The predicted molar refractivity (Wildman–Crippen MR) is 82.2 cm³/mol. The van der Waals surface area contributed by atoms with Gasteiger partial charge in [-0.3, -0.25) is 19.4 Å². The largest absolute Gasteiger partial charge is 0.383 e. The second kappa shape index (κ2) is 5.72. The molecule has 23 heavy (non-hydrogen) atoms. The number of hydrogen-bond acceptors (Lipinski definition) is 6. The molecule has 2 aromatic heterocycles. The van der Waals surface area contributed by atoms with Gasteiger partial charge in [0.25, 0.3) is 5.69 Å². The number of rotatable bonds is 4. The highest BCUT2D eigenvalue weighted by molar-refractivity contribution is 5.34. The van der Waals surface area contributed by atoms with Gasteiger partial charge < -0.3 is 5.73 Å². The lowest BCUT2D eigenvalue weighted by atomic mass is 10.2. The molecule has 9 heteroatoms. The fourth-order valence-corrected chi connectivity index (χ4v) is 2.09. The smallest absolute Gasteiger partial charge is 0.354 e. The summed E-state index contributed by atoms with van der Waals surface area (Å²) in [5.74, 6) is 0.157. The molecule has 3 aromatic rings. The van der Waals surface area contributed by atoms with E-state index in [-0.39, 0.29) is 11.5 Å². The van der Waals surface area contributed by atoms with Crippen LogP contribution in [0.2, 0.25) is 0 Å². The van der Waals surface area contributed by atoms with E-state index in [0.29, 0.717) is 12.2 Å². The molecule has 0 aliphatic rings. The van der Waals surface area contributed by atoms with Gasteiger partial charge in [0.2, 0.25) is 0 Å². The third kappa shape index (κ3) is 3.07. The van der Waals surface area contributed by atoms with Crippen LogP contribution in [0.1, 0.15) is 5.56 Å². The maximum Gasteiger partial charge on any atom is 0.354 e. The first-order chi connectivity index (χ1) is 11.0. The summed E-state index contributed by atoms with van der Waals surface area (Å²) in [5.41, 5.74) is 6.42. The van der Waals surface area contributed by atoms with Crippen molar-refractivity contribution in [1.82, 2.24) is 19.3 Å². The minimum absolute atomic E-state index is 0.0365. The zero-order valence-electron chi connectivity index (χ0n) is 11.9. The average molecular weight is 312 g/mol. The van der Waals surface area contributed by atoms with E-state index in [4.69, 9.17) is 5.73 Å². The molecule has 0 radical (unpaired) electrons. The molecule has 0 saturated carbocycles. The number of nitrogens with two attached hydrogens (primary N) is 1. The monoisotopic (exact) mass is 312 g/mol. The van der Waals surface area contributed by atoms with E-state index in [9.17, 15) is 14.9 Å². The van der Waals surface area contributed by atoms with Gasteiger partial charge in [0.05, 0.1) is 23.4 Å². The highest BCUT2D eigenvalue weighted by Gasteiger charge is 2.07. The highest BCUT2D eigenvalue weighted by Crippen LogP contribution is 2.13. The molecule has 0 aliphatic carbocycles. The first-order valence-corrected chi connectivity index (χ1v) is 6.64. The molecule has 0 atom stereocenters. The molecular formula is C14H12N6O3. The Hall–Kier alpha value is -3.49. The third-order valence-corrected chi connectivity index (χ3v) is 3.21. The summed E-state index contributed by atoms with van der Waals surface area (Å²) >= 11 is 0. The normalized spacial score (nSPS) is 10.6. The van der Waals surface area contributed by atoms with Crippen LogP contribution in [0.25, 0.3) is 5.69 Å². The van der Waals surface area contributed by atoms with Gasteiger partial charge in [0.15, 0.2) is 0 Å². The summed E-state index contributed by atoms with van der Waals surface area (Å²) in [7, 11) is 0. The Morgan fingerprint density at radius 3 is 2.61 bits per heavy atom. The summed E-state index contributed by atoms with van der Waals surface area (Å²) in [4.78, 5) is 25.6. The van der Waals surface area contributed by atoms with Gasteiger partial charge in [-0.2, -0.15) is 10.1 Å². The first-order valence-electron chi connectivity index (χ1n) is 6.64. The first kappa shape index (κ1) is 14.4. The van der Waals surface area contributed by atoms with Crippen LogP contribution in [0.5, 0.6) is 0 Å². The Labute approximate surface area is 129 Å². The minimum Gasteiger partial charge on any atom is -0.383 e. The second-order valence-corrected chi connectivity index (χ2v) is 4.82. The third-order valence-electron chi connectivity index (χ3n) is 3.21. The molecule has 3 rings (SSSR count). The van der Waals surface area contributed by atoms with Crippen LogP contribution in [-0.2, 0) is 6.54 Å². The lowest BCUT2D eigenvalue weighted by Gasteiger charge is -2.02.